The molecule has 3 aromatic rings. The Labute approximate surface area is 191 Å². The Balaban J connectivity index is 1.74. The summed E-state index contributed by atoms with van der Waals surface area (Å²) >= 11 is 6.20. The molecule has 0 heterocycles. The van der Waals surface area contributed by atoms with Crippen molar-refractivity contribution in [2.24, 2.45) is 0 Å². The highest BCUT2D eigenvalue weighted by molar-refractivity contribution is 7.92. The number of nitrogens with zero attached hydrogens (tertiary/aromatic N) is 2. The van der Waals surface area contributed by atoms with E-state index < -0.39 is 15.9 Å². The number of carbonyl (C=O) groups excluding carboxylic acids is 1. The predicted molar refractivity (Wildman–Crippen MR) is 122 cm³/mol. The Morgan fingerprint density at radius 2 is 1.66 bits per heavy atom. The molecule has 0 N–H and O–H groups in total. The fourth-order valence-corrected chi connectivity index (χ4v) is 4.32. The summed E-state index contributed by atoms with van der Waals surface area (Å²) in [5, 5.41) is 0.141. The summed E-state index contributed by atoms with van der Waals surface area (Å²) in [7, 11) is -0.895. The standard InChI is InChI=1S/C23H22ClFN2O4S/c1-26(14-15-31-19-10-8-17(25)9-11-19)23(28)21-16-20(12-13-22(21)24)32(29,30)27(2)18-6-4-3-5-7-18/h3-13,16H,14-15H2,1-2H3. The van der Waals surface area contributed by atoms with Gasteiger partial charge in [-0.2, -0.15) is 0 Å². The average molecular weight is 477 g/mol. The molecule has 3 rings (SSSR count). The van der Waals surface area contributed by atoms with Crippen molar-refractivity contribution in [3.8, 4) is 5.75 Å². The van der Waals surface area contributed by atoms with Gasteiger partial charge in [-0.3, -0.25) is 9.10 Å². The van der Waals surface area contributed by atoms with Gasteiger partial charge in [-0.15, -0.1) is 0 Å². The number of hydrogen-bond donors (Lipinski definition) is 0. The number of sulfonamides is 1. The number of benzene rings is 3. The van der Waals surface area contributed by atoms with E-state index in [-0.39, 0.29) is 34.5 Å². The van der Waals surface area contributed by atoms with E-state index in [9.17, 15) is 17.6 Å². The number of carbonyl (C=O) groups is 1. The summed E-state index contributed by atoms with van der Waals surface area (Å²) in [6.07, 6.45) is 0. The van der Waals surface area contributed by atoms with Crippen molar-refractivity contribution in [1.82, 2.24) is 4.90 Å². The minimum absolute atomic E-state index is 0.0486. The summed E-state index contributed by atoms with van der Waals surface area (Å²) in [6, 6.07) is 18.2. The molecule has 0 radical (unpaired) electrons. The van der Waals surface area contributed by atoms with Crippen molar-refractivity contribution in [2.75, 3.05) is 31.6 Å². The Hall–Kier alpha value is -3.10. The molecular formula is C23H22ClFN2O4S. The molecule has 0 atom stereocenters. The SMILES string of the molecule is CN(CCOc1ccc(F)cc1)C(=O)c1cc(S(=O)(=O)N(C)c2ccccc2)ccc1Cl. The molecule has 0 spiro atoms. The smallest absolute Gasteiger partial charge is 0.264 e. The molecule has 3 aromatic carbocycles. The number of ether oxygens (including phenoxy) is 1. The van der Waals surface area contributed by atoms with Crippen molar-refractivity contribution in [1.29, 1.82) is 0 Å². The second-order valence-corrected chi connectivity index (χ2v) is 9.36. The van der Waals surface area contributed by atoms with Crippen molar-refractivity contribution in [3.63, 3.8) is 0 Å². The van der Waals surface area contributed by atoms with Gasteiger partial charge in [0.2, 0.25) is 0 Å². The lowest BCUT2D eigenvalue weighted by molar-refractivity contribution is 0.0773. The lowest BCUT2D eigenvalue weighted by atomic mass is 10.2. The molecule has 0 bridgehead atoms. The summed E-state index contributed by atoms with van der Waals surface area (Å²) in [5.74, 6) is -0.341. The molecule has 0 aromatic heterocycles. The zero-order valence-electron chi connectivity index (χ0n) is 17.5. The summed E-state index contributed by atoms with van der Waals surface area (Å²) in [4.78, 5) is 14.2. The Morgan fingerprint density at radius 3 is 2.31 bits per heavy atom. The van der Waals surface area contributed by atoms with E-state index >= 15 is 0 Å². The number of anilines is 1. The van der Waals surface area contributed by atoms with Gasteiger partial charge in [0, 0.05) is 14.1 Å². The van der Waals surface area contributed by atoms with Gasteiger partial charge in [0.1, 0.15) is 18.2 Å². The fraction of sp³-hybridized carbons (Fsp3) is 0.174. The van der Waals surface area contributed by atoms with E-state index in [1.54, 1.807) is 37.4 Å². The van der Waals surface area contributed by atoms with Crippen molar-refractivity contribution >= 4 is 33.2 Å². The monoisotopic (exact) mass is 476 g/mol. The van der Waals surface area contributed by atoms with E-state index in [1.807, 2.05) is 0 Å². The normalized spacial score (nSPS) is 11.1. The Kier molecular flexibility index (Phi) is 7.37. The molecule has 0 aliphatic carbocycles. The van der Waals surface area contributed by atoms with Gasteiger partial charge in [-0.1, -0.05) is 29.8 Å². The summed E-state index contributed by atoms with van der Waals surface area (Å²) in [5.41, 5.74) is 0.559. The molecule has 0 unspecified atom stereocenters. The van der Waals surface area contributed by atoms with Crippen molar-refractivity contribution in [3.05, 3.63) is 89.2 Å². The average Bonchev–Trinajstić information content (AvgIpc) is 2.80. The number of likely N-dealkylation sites (N-methyl/N-ethyl adjacent to an activating group) is 1. The quantitative estimate of drug-likeness (QED) is 0.481. The maximum atomic E-state index is 13.1. The van der Waals surface area contributed by atoms with E-state index in [0.29, 0.717) is 11.4 Å². The molecule has 0 fully saturated rings. The van der Waals surface area contributed by atoms with Crippen LogP contribution in [-0.2, 0) is 10.0 Å². The lowest BCUT2D eigenvalue weighted by Crippen LogP contribution is -2.31. The number of para-hydroxylation sites is 1. The number of halogens is 2. The van der Waals surface area contributed by atoms with Crippen LogP contribution in [0.15, 0.2) is 77.7 Å². The number of rotatable bonds is 8. The highest BCUT2D eigenvalue weighted by Crippen LogP contribution is 2.26. The zero-order chi connectivity index (χ0) is 23.3. The highest BCUT2D eigenvalue weighted by Gasteiger charge is 2.24. The molecule has 1 amide bonds. The molecule has 32 heavy (non-hydrogen) atoms. The van der Waals surface area contributed by atoms with Gasteiger partial charge in [-0.05, 0) is 54.6 Å². The number of amides is 1. The molecule has 0 saturated carbocycles. The maximum absolute atomic E-state index is 13.1. The first-order valence-corrected chi connectivity index (χ1v) is 11.5. The van der Waals surface area contributed by atoms with Gasteiger partial charge < -0.3 is 9.64 Å². The fourth-order valence-electron chi connectivity index (χ4n) is 2.90. The Bertz CT molecular complexity index is 1190. The molecule has 0 aliphatic heterocycles. The first-order valence-electron chi connectivity index (χ1n) is 9.67. The minimum atomic E-state index is -3.90. The highest BCUT2D eigenvalue weighted by atomic mass is 35.5. The van der Waals surface area contributed by atoms with Crippen LogP contribution in [0, 0.1) is 5.82 Å². The van der Waals surface area contributed by atoms with Crippen molar-refractivity contribution < 1.29 is 22.3 Å². The van der Waals surface area contributed by atoms with Gasteiger partial charge in [0.15, 0.2) is 0 Å². The molecule has 0 saturated heterocycles. The van der Waals surface area contributed by atoms with E-state index in [1.165, 1.54) is 54.4 Å². The second kappa shape index (κ2) is 10.0. The van der Waals surface area contributed by atoms with E-state index in [4.69, 9.17) is 16.3 Å². The van der Waals surface area contributed by atoms with Crippen LogP contribution in [0.5, 0.6) is 5.75 Å². The molecule has 6 nitrogen and oxygen atoms in total. The molecular weight excluding hydrogens is 455 g/mol. The topological polar surface area (TPSA) is 66.9 Å². The predicted octanol–water partition coefficient (Wildman–Crippen LogP) is 4.46. The van der Waals surface area contributed by atoms with Crippen LogP contribution < -0.4 is 9.04 Å². The lowest BCUT2D eigenvalue weighted by Gasteiger charge is -2.21. The third-order valence-corrected chi connectivity index (χ3v) is 6.91. The summed E-state index contributed by atoms with van der Waals surface area (Å²) < 4.78 is 45.7. The van der Waals surface area contributed by atoms with Gasteiger partial charge in [-0.25, -0.2) is 12.8 Å². The van der Waals surface area contributed by atoms with Gasteiger partial charge in [0.05, 0.1) is 27.7 Å². The van der Waals surface area contributed by atoms with Crippen LogP contribution in [0.2, 0.25) is 5.02 Å². The number of hydrogen-bond acceptors (Lipinski definition) is 4. The largest absolute Gasteiger partial charge is 0.492 e. The van der Waals surface area contributed by atoms with E-state index in [0.717, 1.165) is 4.31 Å². The third kappa shape index (κ3) is 5.38. The molecule has 0 aliphatic rings. The minimum Gasteiger partial charge on any atom is -0.492 e. The van der Waals surface area contributed by atoms with Crippen LogP contribution in [0.3, 0.4) is 0 Å². The van der Waals surface area contributed by atoms with Crippen LogP contribution in [-0.4, -0.2) is 46.5 Å². The maximum Gasteiger partial charge on any atom is 0.264 e. The third-order valence-electron chi connectivity index (χ3n) is 4.80. The molecule has 168 valence electrons. The van der Waals surface area contributed by atoms with Gasteiger partial charge in [0.25, 0.3) is 15.9 Å². The van der Waals surface area contributed by atoms with Crippen LogP contribution >= 0.6 is 11.6 Å². The Morgan fingerprint density at radius 1 is 1.00 bits per heavy atom. The van der Waals surface area contributed by atoms with Crippen LogP contribution in [0.1, 0.15) is 10.4 Å². The molecule has 9 heteroatoms. The van der Waals surface area contributed by atoms with Gasteiger partial charge >= 0.3 is 0 Å². The second-order valence-electron chi connectivity index (χ2n) is 6.98. The van der Waals surface area contributed by atoms with E-state index in [2.05, 4.69) is 0 Å². The first-order chi connectivity index (χ1) is 15.2. The van der Waals surface area contributed by atoms with Crippen LogP contribution in [0.4, 0.5) is 10.1 Å². The zero-order valence-corrected chi connectivity index (χ0v) is 19.1. The summed E-state index contributed by atoms with van der Waals surface area (Å²) in [6.45, 7) is 0.383. The van der Waals surface area contributed by atoms with Crippen molar-refractivity contribution in [2.45, 2.75) is 4.90 Å². The van der Waals surface area contributed by atoms with Crippen LogP contribution in [0.25, 0.3) is 0 Å². The first kappa shape index (κ1) is 23.6.